The molecule has 0 spiro atoms. The molecule has 0 saturated carbocycles. The lowest BCUT2D eigenvalue weighted by Gasteiger charge is -2.07. The molecule has 1 atom stereocenters. The van der Waals surface area contributed by atoms with Crippen molar-refractivity contribution in [3.8, 4) is 0 Å². The number of fused-ring (bicyclic) bond motifs is 1. The predicted molar refractivity (Wildman–Crippen MR) is 55.5 cm³/mol. The van der Waals surface area contributed by atoms with Gasteiger partial charge in [-0.25, -0.2) is 4.98 Å². The largest absolute Gasteiger partial charge is 0.296 e. The van der Waals surface area contributed by atoms with Crippen LogP contribution in [0.5, 0.6) is 0 Å². The number of aromatic nitrogens is 2. The Kier molecular flexibility index (Phi) is 2.17. The quantitative estimate of drug-likeness (QED) is 0.676. The fourth-order valence-electron chi connectivity index (χ4n) is 1.91. The van der Waals surface area contributed by atoms with Crippen molar-refractivity contribution in [3.63, 3.8) is 0 Å². The molecule has 2 heterocycles. The molecule has 0 amide bonds. The van der Waals surface area contributed by atoms with Gasteiger partial charge in [-0.15, -0.1) is 0 Å². The molecule has 1 unspecified atom stereocenters. The zero-order chi connectivity index (χ0) is 10.3. The van der Waals surface area contributed by atoms with Crippen LogP contribution in [0, 0.1) is 5.92 Å². The van der Waals surface area contributed by atoms with E-state index in [0.29, 0.717) is 11.8 Å². The van der Waals surface area contributed by atoms with Crippen LogP contribution in [0.15, 0.2) is 10.9 Å². The Balaban J connectivity index is 2.51. The minimum Gasteiger partial charge on any atom is -0.296 e. The van der Waals surface area contributed by atoms with Crippen molar-refractivity contribution in [2.24, 2.45) is 5.92 Å². The van der Waals surface area contributed by atoms with Gasteiger partial charge < -0.3 is 0 Å². The van der Waals surface area contributed by atoms with Crippen molar-refractivity contribution in [1.29, 1.82) is 0 Å². The van der Waals surface area contributed by atoms with Crippen LogP contribution in [-0.4, -0.2) is 9.55 Å². The molecule has 2 rings (SSSR count). The van der Waals surface area contributed by atoms with E-state index >= 15 is 0 Å². The second kappa shape index (κ2) is 3.23. The summed E-state index contributed by atoms with van der Waals surface area (Å²) in [6, 6.07) is 1.67. The zero-order valence-electron chi connectivity index (χ0n) is 8.95. The van der Waals surface area contributed by atoms with Crippen LogP contribution in [0.3, 0.4) is 0 Å². The number of hydrogen-bond donors (Lipinski definition) is 0. The van der Waals surface area contributed by atoms with E-state index in [-0.39, 0.29) is 5.56 Å². The van der Waals surface area contributed by atoms with E-state index in [1.807, 2.05) is 0 Å². The summed E-state index contributed by atoms with van der Waals surface area (Å²) in [7, 11) is 0. The van der Waals surface area contributed by atoms with Crippen molar-refractivity contribution in [2.75, 3.05) is 0 Å². The maximum atomic E-state index is 11.7. The van der Waals surface area contributed by atoms with Gasteiger partial charge in [0, 0.05) is 19.0 Å². The Morgan fingerprint density at radius 2 is 2.29 bits per heavy atom. The average molecular weight is 192 g/mol. The number of hydrogen-bond acceptors (Lipinski definition) is 2. The first-order valence-corrected chi connectivity index (χ1v) is 5.18. The van der Waals surface area contributed by atoms with Crippen molar-refractivity contribution in [2.45, 2.75) is 39.7 Å². The third-order valence-electron chi connectivity index (χ3n) is 2.72. The first-order valence-electron chi connectivity index (χ1n) is 5.18. The summed E-state index contributed by atoms with van der Waals surface area (Å²) in [5.41, 5.74) is 1.04. The number of nitrogens with zero attached hydrogens (tertiary/aromatic N) is 2. The van der Waals surface area contributed by atoms with Crippen LogP contribution in [0.4, 0.5) is 0 Å². The highest BCUT2D eigenvalue weighted by molar-refractivity contribution is 5.11. The molecule has 0 N–H and O–H groups in total. The normalized spacial score (nSPS) is 20.1. The summed E-state index contributed by atoms with van der Waals surface area (Å²) in [6.45, 7) is 7.12. The van der Waals surface area contributed by atoms with Crippen molar-refractivity contribution in [3.05, 3.63) is 27.9 Å². The third kappa shape index (κ3) is 1.47. The summed E-state index contributed by atoms with van der Waals surface area (Å²) in [5, 5.41) is 0. The molecule has 0 aliphatic carbocycles. The summed E-state index contributed by atoms with van der Waals surface area (Å²) < 4.78 is 1.80. The lowest BCUT2D eigenvalue weighted by Crippen LogP contribution is -2.21. The molecule has 3 heteroatoms. The predicted octanol–water partition coefficient (Wildman–Crippen LogP) is 1.56. The van der Waals surface area contributed by atoms with E-state index < -0.39 is 0 Å². The molecule has 1 aromatic heterocycles. The van der Waals surface area contributed by atoms with E-state index in [4.69, 9.17) is 0 Å². The highest BCUT2D eigenvalue weighted by Gasteiger charge is 2.20. The monoisotopic (exact) mass is 192 g/mol. The van der Waals surface area contributed by atoms with Crippen LogP contribution >= 0.6 is 0 Å². The van der Waals surface area contributed by atoms with Gasteiger partial charge in [0.15, 0.2) is 0 Å². The van der Waals surface area contributed by atoms with Crippen LogP contribution in [0.1, 0.15) is 38.2 Å². The van der Waals surface area contributed by atoms with Gasteiger partial charge in [0.05, 0.1) is 5.69 Å². The lowest BCUT2D eigenvalue weighted by atomic mass is 10.1. The summed E-state index contributed by atoms with van der Waals surface area (Å²) in [5.74, 6) is 1.86. The van der Waals surface area contributed by atoms with E-state index in [0.717, 1.165) is 24.5 Å². The summed E-state index contributed by atoms with van der Waals surface area (Å²) >= 11 is 0. The molecule has 0 bridgehead atoms. The van der Waals surface area contributed by atoms with Gasteiger partial charge in [0.25, 0.3) is 5.56 Å². The maximum Gasteiger partial charge on any atom is 0.253 e. The van der Waals surface area contributed by atoms with Crippen LogP contribution in [0.2, 0.25) is 0 Å². The molecule has 76 valence electrons. The zero-order valence-corrected chi connectivity index (χ0v) is 8.95. The SMILES string of the molecule is CC1Cc2nc(C(C)C)cc(=O)n2C1. The Bertz CT molecular complexity index is 406. The van der Waals surface area contributed by atoms with Crippen molar-refractivity contribution < 1.29 is 0 Å². The molecular weight excluding hydrogens is 176 g/mol. The van der Waals surface area contributed by atoms with Gasteiger partial charge >= 0.3 is 0 Å². The van der Waals surface area contributed by atoms with E-state index in [1.165, 1.54) is 0 Å². The second-order valence-corrected chi connectivity index (χ2v) is 4.51. The molecule has 3 nitrogen and oxygen atoms in total. The molecule has 0 saturated heterocycles. The highest BCUT2D eigenvalue weighted by Crippen LogP contribution is 2.18. The molecule has 0 aromatic carbocycles. The average Bonchev–Trinajstić information content (AvgIpc) is 2.45. The smallest absolute Gasteiger partial charge is 0.253 e. The van der Waals surface area contributed by atoms with E-state index in [1.54, 1.807) is 10.6 Å². The van der Waals surface area contributed by atoms with Gasteiger partial charge in [-0.05, 0) is 11.8 Å². The Hall–Kier alpha value is -1.12. The molecule has 1 aliphatic rings. The van der Waals surface area contributed by atoms with Crippen LogP contribution in [0.25, 0.3) is 0 Å². The third-order valence-corrected chi connectivity index (χ3v) is 2.72. The first kappa shape index (κ1) is 9.44. The fourth-order valence-corrected chi connectivity index (χ4v) is 1.91. The molecule has 0 radical (unpaired) electrons. The van der Waals surface area contributed by atoms with Crippen LogP contribution < -0.4 is 5.56 Å². The van der Waals surface area contributed by atoms with Crippen molar-refractivity contribution in [1.82, 2.24) is 9.55 Å². The van der Waals surface area contributed by atoms with Gasteiger partial charge in [-0.1, -0.05) is 20.8 Å². The second-order valence-electron chi connectivity index (χ2n) is 4.51. The lowest BCUT2D eigenvalue weighted by molar-refractivity contribution is 0.556. The molecule has 1 aromatic rings. The Morgan fingerprint density at radius 1 is 1.57 bits per heavy atom. The molecular formula is C11H16N2O. The maximum absolute atomic E-state index is 11.7. The Labute approximate surface area is 83.8 Å². The van der Waals surface area contributed by atoms with Gasteiger partial charge in [0.1, 0.15) is 5.82 Å². The van der Waals surface area contributed by atoms with Crippen LogP contribution in [-0.2, 0) is 13.0 Å². The van der Waals surface area contributed by atoms with E-state index in [2.05, 4.69) is 25.8 Å². The minimum absolute atomic E-state index is 0.114. The minimum atomic E-state index is 0.114. The Morgan fingerprint density at radius 3 is 2.93 bits per heavy atom. The topological polar surface area (TPSA) is 34.9 Å². The summed E-state index contributed by atoms with van der Waals surface area (Å²) in [4.78, 5) is 16.2. The van der Waals surface area contributed by atoms with Gasteiger partial charge in [-0.2, -0.15) is 0 Å². The standard InChI is InChI=1S/C11H16N2O/c1-7(2)9-5-11(14)13-6-8(3)4-10(13)12-9/h5,7-8H,4,6H2,1-3H3. The van der Waals surface area contributed by atoms with Crippen molar-refractivity contribution >= 4 is 0 Å². The number of rotatable bonds is 1. The fraction of sp³-hybridized carbons (Fsp3) is 0.636. The molecule has 14 heavy (non-hydrogen) atoms. The first-order chi connectivity index (χ1) is 6.58. The highest BCUT2D eigenvalue weighted by atomic mass is 16.1. The van der Waals surface area contributed by atoms with Gasteiger partial charge in [-0.3, -0.25) is 9.36 Å². The molecule has 0 fully saturated rings. The van der Waals surface area contributed by atoms with Gasteiger partial charge in [0.2, 0.25) is 0 Å². The molecule has 1 aliphatic heterocycles. The summed E-state index contributed by atoms with van der Waals surface area (Å²) in [6.07, 6.45) is 0.940. The van der Waals surface area contributed by atoms with E-state index in [9.17, 15) is 4.79 Å².